The SMILES string of the molecule is COc1cc(/C=C(\C#N)C(=O)Nc2c(Cl)cc([N+](=O)[O-])cc2Cl)cc(Br)c1OCc1ccccc1Cl. The van der Waals surface area contributed by atoms with Crippen molar-refractivity contribution < 1.29 is 19.2 Å². The van der Waals surface area contributed by atoms with E-state index in [0.29, 0.717) is 26.6 Å². The van der Waals surface area contributed by atoms with Crippen LogP contribution in [0.4, 0.5) is 11.4 Å². The molecule has 0 heterocycles. The van der Waals surface area contributed by atoms with Crippen molar-refractivity contribution in [2.45, 2.75) is 6.61 Å². The van der Waals surface area contributed by atoms with Crippen molar-refractivity contribution in [2.75, 3.05) is 12.4 Å². The molecule has 0 bridgehead atoms. The number of nitrogens with one attached hydrogen (secondary N) is 1. The third-order valence-corrected chi connectivity index (χ3v) is 6.29. The second kappa shape index (κ2) is 12.1. The van der Waals surface area contributed by atoms with Crippen LogP contribution in [-0.2, 0) is 11.4 Å². The molecule has 0 saturated carbocycles. The minimum Gasteiger partial charge on any atom is -0.493 e. The molecule has 1 amide bonds. The Balaban J connectivity index is 1.86. The molecule has 0 saturated heterocycles. The summed E-state index contributed by atoms with van der Waals surface area (Å²) in [5, 5.41) is 23.2. The smallest absolute Gasteiger partial charge is 0.272 e. The standard InChI is InChI=1S/C24H15BrCl3N3O5/c1-35-21-8-13(7-17(25)23(21)36-12-14-4-2-3-5-18(14)26)6-15(11-29)24(32)30-22-19(27)9-16(31(33)34)10-20(22)28/h2-10H,12H2,1H3,(H,30,32)/b15-6+. The lowest BCUT2D eigenvalue weighted by atomic mass is 10.1. The molecule has 184 valence electrons. The Morgan fingerprint density at radius 3 is 2.42 bits per heavy atom. The highest BCUT2D eigenvalue weighted by Gasteiger charge is 2.19. The maximum Gasteiger partial charge on any atom is 0.272 e. The number of non-ortho nitro benzene ring substituents is 1. The molecule has 3 aromatic rings. The number of nitriles is 1. The second-order valence-electron chi connectivity index (χ2n) is 7.08. The first-order valence-electron chi connectivity index (χ1n) is 9.95. The Kier molecular flexibility index (Phi) is 9.18. The van der Waals surface area contributed by atoms with E-state index in [2.05, 4.69) is 21.2 Å². The van der Waals surface area contributed by atoms with Crippen LogP contribution >= 0.6 is 50.7 Å². The number of benzene rings is 3. The third-order valence-electron chi connectivity index (χ3n) is 4.73. The van der Waals surface area contributed by atoms with Gasteiger partial charge in [0.05, 0.1) is 32.2 Å². The Hall–Kier alpha value is -3.29. The lowest BCUT2D eigenvalue weighted by molar-refractivity contribution is -0.384. The number of nitro benzene ring substituents is 1. The first kappa shape index (κ1) is 27.3. The van der Waals surface area contributed by atoms with Crippen molar-refractivity contribution >= 4 is 74.1 Å². The summed E-state index contributed by atoms with van der Waals surface area (Å²) in [6.45, 7) is 0.187. The van der Waals surface area contributed by atoms with Crippen LogP contribution in [0.2, 0.25) is 15.1 Å². The molecule has 0 atom stereocenters. The molecule has 1 N–H and O–H groups in total. The number of ether oxygens (including phenoxy) is 2. The van der Waals surface area contributed by atoms with Gasteiger partial charge in [0.25, 0.3) is 11.6 Å². The summed E-state index contributed by atoms with van der Waals surface area (Å²) in [6.07, 6.45) is 1.33. The third kappa shape index (κ3) is 6.47. The molecule has 12 heteroatoms. The molecule has 0 aliphatic rings. The molecule has 0 fully saturated rings. The van der Waals surface area contributed by atoms with Crippen molar-refractivity contribution in [3.63, 3.8) is 0 Å². The largest absolute Gasteiger partial charge is 0.493 e. The fourth-order valence-corrected chi connectivity index (χ4v) is 4.34. The molecule has 36 heavy (non-hydrogen) atoms. The molecule has 0 aliphatic carbocycles. The van der Waals surface area contributed by atoms with Gasteiger partial charge in [-0.25, -0.2) is 0 Å². The average molecular weight is 612 g/mol. The number of rotatable bonds is 8. The van der Waals surface area contributed by atoms with Gasteiger partial charge in [0, 0.05) is 22.7 Å². The van der Waals surface area contributed by atoms with Crippen molar-refractivity contribution in [1.82, 2.24) is 0 Å². The van der Waals surface area contributed by atoms with Crippen LogP contribution in [0.3, 0.4) is 0 Å². The Morgan fingerprint density at radius 2 is 1.83 bits per heavy atom. The van der Waals surface area contributed by atoms with Crippen LogP contribution in [0.25, 0.3) is 6.08 Å². The van der Waals surface area contributed by atoms with Gasteiger partial charge in [0.1, 0.15) is 18.2 Å². The average Bonchev–Trinajstić information content (AvgIpc) is 2.84. The predicted octanol–water partition coefficient (Wildman–Crippen LogP) is 7.45. The zero-order chi connectivity index (χ0) is 26.4. The van der Waals surface area contributed by atoms with Crippen molar-refractivity contribution in [1.29, 1.82) is 5.26 Å². The molecule has 8 nitrogen and oxygen atoms in total. The molecular formula is C24H15BrCl3N3O5. The number of nitrogens with zero attached hydrogens (tertiary/aromatic N) is 2. The molecule has 0 radical (unpaired) electrons. The van der Waals surface area contributed by atoms with Crippen LogP contribution < -0.4 is 14.8 Å². The van der Waals surface area contributed by atoms with Gasteiger partial charge < -0.3 is 14.8 Å². The van der Waals surface area contributed by atoms with Crippen LogP contribution in [0, 0.1) is 21.4 Å². The number of amides is 1. The predicted molar refractivity (Wildman–Crippen MR) is 142 cm³/mol. The summed E-state index contributed by atoms with van der Waals surface area (Å²) in [5.74, 6) is -0.0619. The fourth-order valence-electron chi connectivity index (χ4n) is 3.01. The number of carbonyl (C=O) groups excluding carboxylic acids is 1. The highest BCUT2D eigenvalue weighted by molar-refractivity contribution is 9.10. The monoisotopic (exact) mass is 609 g/mol. The zero-order valence-corrected chi connectivity index (χ0v) is 22.2. The summed E-state index contributed by atoms with van der Waals surface area (Å²) in [6, 6.07) is 14.4. The minimum atomic E-state index is -0.815. The highest BCUT2D eigenvalue weighted by Crippen LogP contribution is 2.38. The maximum absolute atomic E-state index is 12.7. The van der Waals surface area contributed by atoms with Crippen molar-refractivity contribution in [3.05, 3.63) is 94.9 Å². The molecule has 3 aromatic carbocycles. The first-order valence-corrected chi connectivity index (χ1v) is 11.9. The van der Waals surface area contributed by atoms with Gasteiger partial charge >= 0.3 is 0 Å². The fraction of sp³-hybridized carbons (Fsp3) is 0.0833. The van der Waals surface area contributed by atoms with Gasteiger partial charge in [-0.05, 0) is 45.8 Å². The minimum absolute atomic E-state index is 0.0582. The maximum atomic E-state index is 12.7. The lowest BCUT2D eigenvalue weighted by Gasteiger charge is -2.14. The Morgan fingerprint density at radius 1 is 1.17 bits per heavy atom. The van der Waals surface area contributed by atoms with Gasteiger partial charge in [-0.1, -0.05) is 53.0 Å². The summed E-state index contributed by atoms with van der Waals surface area (Å²) in [4.78, 5) is 23.0. The van der Waals surface area contributed by atoms with E-state index in [0.717, 1.165) is 17.7 Å². The highest BCUT2D eigenvalue weighted by atomic mass is 79.9. The van der Waals surface area contributed by atoms with E-state index in [4.69, 9.17) is 44.3 Å². The number of hydrogen-bond acceptors (Lipinski definition) is 6. The number of methoxy groups -OCH3 is 1. The lowest BCUT2D eigenvalue weighted by Crippen LogP contribution is -2.14. The van der Waals surface area contributed by atoms with Gasteiger partial charge in [-0.3, -0.25) is 14.9 Å². The molecule has 0 aliphatic heterocycles. The van der Waals surface area contributed by atoms with Gasteiger partial charge in [-0.2, -0.15) is 5.26 Å². The normalized spacial score (nSPS) is 10.9. The summed E-state index contributed by atoms with van der Waals surface area (Å²) < 4.78 is 11.8. The van der Waals surface area contributed by atoms with Gasteiger partial charge in [0.15, 0.2) is 11.5 Å². The number of halogens is 4. The van der Waals surface area contributed by atoms with Crippen LogP contribution in [-0.4, -0.2) is 17.9 Å². The quantitative estimate of drug-likeness (QED) is 0.122. The van der Waals surface area contributed by atoms with E-state index in [1.807, 2.05) is 24.3 Å². The Labute approximate surface area is 229 Å². The van der Waals surface area contributed by atoms with E-state index in [1.54, 1.807) is 18.2 Å². The summed E-state index contributed by atoms with van der Waals surface area (Å²) >= 11 is 21.7. The molecule has 0 unspecified atom stereocenters. The number of hydrogen-bond donors (Lipinski definition) is 1. The number of nitro groups is 1. The van der Waals surface area contributed by atoms with Crippen molar-refractivity contribution in [2.24, 2.45) is 0 Å². The van der Waals surface area contributed by atoms with Crippen LogP contribution in [0.15, 0.2) is 58.6 Å². The molecule has 0 aromatic heterocycles. The zero-order valence-electron chi connectivity index (χ0n) is 18.4. The van der Waals surface area contributed by atoms with E-state index >= 15 is 0 Å². The van der Waals surface area contributed by atoms with E-state index in [-0.39, 0.29) is 33.6 Å². The molecule has 3 rings (SSSR count). The summed E-state index contributed by atoms with van der Waals surface area (Å²) in [5.41, 5.74) is 0.560. The van der Waals surface area contributed by atoms with Crippen molar-refractivity contribution in [3.8, 4) is 17.6 Å². The number of carbonyl (C=O) groups is 1. The second-order valence-corrected chi connectivity index (χ2v) is 9.16. The van der Waals surface area contributed by atoms with Gasteiger partial charge in [-0.15, -0.1) is 0 Å². The molecule has 0 spiro atoms. The topological polar surface area (TPSA) is 114 Å². The summed E-state index contributed by atoms with van der Waals surface area (Å²) in [7, 11) is 1.45. The van der Waals surface area contributed by atoms with Gasteiger partial charge in [0.2, 0.25) is 0 Å². The van der Waals surface area contributed by atoms with E-state index in [9.17, 15) is 20.2 Å². The van der Waals surface area contributed by atoms with E-state index < -0.39 is 10.8 Å². The molecular weight excluding hydrogens is 597 g/mol. The van der Waals surface area contributed by atoms with E-state index in [1.165, 1.54) is 13.2 Å². The van der Waals surface area contributed by atoms with Crippen LogP contribution in [0.1, 0.15) is 11.1 Å². The number of anilines is 1. The first-order chi connectivity index (χ1) is 17.1. The van der Waals surface area contributed by atoms with Crippen LogP contribution in [0.5, 0.6) is 11.5 Å². The Bertz CT molecular complexity index is 1400.